The molecule has 0 bridgehead atoms. The molecule has 2 aromatic carbocycles. The van der Waals surface area contributed by atoms with Crippen LogP contribution in [0.25, 0.3) is 5.65 Å². The summed E-state index contributed by atoms with van der Waals surface area (Å²) in [5.74, 6) is -0.962. The molecule has 2 aromatic heterocycles. The minimum atomic E-state index is -0.669. The molecule has 0 saturated carbocycles. The molecule has 0 aliphatic carbocycles. The predicted molar refractivity (Wildman–Crippen MR) is 119 cm³/mol. The first kappa shape index (κ1) is 21.7. The lowest BCUT2D eigenvalue weighted by Crippen LogP contribution is -2.09. The molecular formula is C26H24F2N2O2. The Morgan fingerprint density at radius 3 is 2.50 bits per heavy atom. The van der Waals surface area contributed by atoms with Gasteiger partial charge in [0.05, 0.1) is 11.3 Å². The van der Waals surface area contributed by atoms with E-state index in [9.17, 15) is 13.6 Å². The summed E-state index contributed by atoms with van der Waals surface area (Å²) in [6.07, 6.45) is 2.08. The number of Topliss-reactive ketones (excluding diaryl/α,β-unsaturated/α-hetero) is 1. The average molecular weight is 434 g/mol. The van der Waals surface area contributed by atoms with E-state index in [1.165, 1.54) is 18.2 Å². The van der Waals surface area contributed by atoms with E-state index in [0.717, 1.165) is 11.1 Å². The maximum Gasteiger partial charge on any atom is 0.182 e. The molecule has 0 fully saturated rings. The molecule has 0 saturated heterocycles. The van der Waals surface area contributed by atoms with Gasteiger partial charge in [-0.3, -0.25) is 9.20 Å². The number of aromatic nitrogens is 2. The van der Waals surface area contributed by atoms with Gasteiger partial charge in [-0.15, -0.1) is 0 Å². The molecule has 4 aromatic rings. The number of ether oxygens (including phenoxy) is 1. The van der Waals surface area contributed by atoms with E-state index in [0.29, 0.717) is 29.2 Å². The molecule has 0 spiro atoms. The summed E-state index contributed by atoms with van der Waals surface area (Å²) in [5.41, 5.74) is 3.62. The molecule has 4 nitrogen and oxygen atoms in total. The number of hydrogen-bond donors (Lipinski definition) is 0. The Morgan fingerprint density at radius 2 is 1.78 bits per heavy atom. The molecule has 0 aliphatic heterocycles. The molecule has 0 aliphatic rings. The summed E-state index contributed by atoms with van der Waals surface area (Å²) in [5, 5.41) is 0. The van der Waals surface area contributed by atoms with Crippen molar-refractivity contribution in [1.29, 1.82) is 0 Å². The lowest BCUT2D eigenvalue weighted by atomic mass is 9.93. The summed E-state index contributed by atoms with van der Waals surface area (Å²) in [6.45, 7) is 5.56. The van der Waals surface area contributed by atoms with Crippen molar-refractivity contribution in [2.75, 3.05) is 0 Å². The van der Waals surface area contributed by atoms with Crippen LogP contribution in [0.1, 0.15) is 52.1 Å². The highest BCUT2D eigenvalue weighted by Crippen LogP contribution is 2.27. The molecular weight excluding hydrogens is 410 g/mol. The molecule has 4 rings (SSSR count). The van der Waals surface area contributed by atoms with Gasteiger partial charge in [0.25, 0.3) is 0 Å². The van der Waals surface area contributed by atoms with Gasteiger partial charge in [0.1, 0.15) is 23.9 Å². The second-order valence-electron chi connectivity index (χ2n) is 8.04. The predicted octanol–water partition coefficient (Wildman–Crippen LogP) is 6.18. The fourth-order valence-electron chi connectivity index (χ4n) is 3.89. The quantitative estimate of drug-likeness (QED) is 0.326. The van der Waals surface area contributed by atoms with Crippen molar-refractivity contribution >= 4 is 11.4 Å². The lowest BCUT2D eigenvalue weighted by Gasteiger charge is -2.12. The Balaban J connectivity index is 1.60. The first-order chi connectivity index (χ1) is 15.3. The van der Waals surface area contributed by atoms with Crippen LogP contribution < -0.4 is 4.74 Å². The number of carbonyl (C=O) groups excluding carboxylic acids is 1. The van der Waals surface area contributed by atoms with Gasteiger partial charge in [0, 0.05) is 12.6 Å². The molecule has 164 valence electrons. The third kappa shape index (κ3) is 4.26. The molecule has 1 atom stereocenters. The first-order valence-electron chi connectivity index (χ1n) is 10.5. The van der Waals surface area contributed by atoms with Crippen LogP contribution in [-0.2, 0) is 6.61 Å². The molecule has 0 unspecified atom stereocenters. The molecule has 32 heavy (non-hydrogen) atoms. The number of ketones is 1. The van der Waals surface area contributed by atoms with Gasteiger partial charge in [-0.25, -0.2) is 13.8 Å². The number of benzene rings is 2. The number of nitrogens with zero attached hydrogens (tertiary/aromatic N) is 2. The van der Waals surface area contributed by atoms with Crippen molar-refractivity contribution in [3.63, 3.8) is 0 Å². The van der Waals surface area contributed by atoms with E-state index < -0.39 is 11.6 Å². The molecule has 2 heterocycles. The minimum absolute atomic E-state index is 0.0266. The van der Waals surface area contributed by atoms with Gasteiger partial charge in [-0.1, -0.05) is 42.8 Å². The van der Waals surface area contributed by atoms with E-state index in [2.05, 4.69) is 11.1 Å². The molecule has 0 amide bonds. The first-order valence-corrected chi connectivity index (χ1v) is 10.5. The zero-order valence-corrected chi connectivity index (χ0v) is 18.2. The largest absolute Gasteiger partial charge is 0.485 e. The highest BCUT2D eigenvalue weighted by Gasteiger charge is 2.21. The van der Waals surface area contributed by atoms with Gasteiger partial charge in [-0.05, 0) is 49.6 Å². The maximum atomic E-state index is 13.9. The topological polar surface area (TPSA) is 43.6 Å². The van der Waals surface area contributed by atoms with Crippen molar-refractivity contribution in [1.82, 2.24) is 9.38 Å². The minimum Gasteiger partial charge on any atom is -0.485 e. The van der Waals surface area contributed by atoms with Crippen molar-refractivity contribution in [3.05, 3.63) is 101 Å². The molecule has 0 N–H and O–H groups in total. The zero-order chi connectivity index (χ0) is 22.8. The molecule has 6 heteroatoms. The Hall–Kier alpha value is -3.54. The zero-order valence-electron chi connectivity index (χ0n) is 18.2. The highest BCUT2D eigenvalue weighted by atomic mass is 19.1. The number of imidazole rings is 1. The lowest BCUT2D eigenvalue weighted by molar-refractivity contribution is 0.0969. The van der Waals surface area contributed by atoms with Crippen LogP contribution in [0.3, 0.4) is 0 Å². The Kier molecular flexibility index (Phi) is 6.04. The summed E-state index contributed by atoms with van der Waals surface area (Å²) < 4.78 is 35.3. The average Bonchev–Trinajstić information content (AvgIpc) is 3.10. The number of aryl methyl sites for hydroxylation is 2. The van der Waals surface area contributed by atoms with Gasteiger partial charge in [0.15, 0.2) is 17.2 Å². The van der Waals surface area contributed by atoms with Crippen LogP contribution in [-0.4, -0.2) is 15.2 Å². The Morgan fingerprint density at radius 1 is 1.06 bits per heavy atom. The third-order valence-corrected chi connectivity index (χ3v) is 5.59. The summed E-state index contributed by atoms with van der Waals surface area (Å²) in [6, 6.07) is 15.2. The fraction of sp³-hybridized carbons (Fsp3) is 0.231. The normalized spacial score (nSPS) is 12.2. The summed E-state index contributed by atoms with van der Waals surface area (Å²) >= 11 is 0. The van der Waals surface area contributed by atoms with Crippen molar-refractivity contribution in [3.8, 4) is 5.75 Å². The van der Waals surface area contributed by atoms with E-state index in [1.54, 1.807) is 29.7 Å². The van der Waals surface area contributed by atoms with Crippen molar-refractivity contribution in [2.45, 2.75) is 39.7 Å². The Bertz CT molecular complexity index is 1280. The van der Waals surface area contributed by atoms with E-state index >= 15 is 0 Å². The van der Waals surface area contributed by atoms with Crippen molar-refractivity contribution < 1.29 is 18.3 Å². The summed E-state index contributed by atoms with van der Waals surface area (Å²) in [7, 11) is 0. The monoisotopic (exact) mass is 434 g/mol. The number of pyridine rings is 1. The third-order valence-electron chi connectivity index (χ3n) is 5.59. The summed E-state index contributed by atoms with van der Waals surface area (Å²) in [4.78, 5) is 17.7. The van der Waals surface area contributed by atoms with Crippen LogP contribution in [0.4, 0.5) is 8.78 Å². The smallest absolute Gasteiger partial charge is 0.182 e. The number of carbonyl (C=O) groups is 1. The van der Waals surface area contributed by atoms with Crippen molar-refractivity contribution in [2.24, 2.45) is 0 Å². The van der Waals surface area contributed by atoms with E-state index in [4.69, 9.17) is 4.74 Å². The molecule has 0 radical (unpaired) electrons. The number of fused-ring (bicyclic) bond motifs is 1. The number of halogens is 2. The number of rotatable bonds is 7. The SMILES string of the molecule is Cc1cccc([C@H](C)CC(=O)c2c(C)nc3c(OCc4c(F)cccc4F)cccn23)c1. The van der Waals surface area contributed by atoms with Gasteiger partial charge >= 0.3 is 0 Å². The van der Waals surface area contributed by atoms with Crippen LogP contribution in [0.15, 0.2) is 60.8 Å². The van der Waals surface area contributed by atoms with Crippen LogP contribution in [0.2, 0.25) is 0 Å². The van der Waals surface area contributed by atoms with E-state index in [1.807, 2.05) is 32.0 Å². The highest BCUT2D eigenvalue weighted by molar-refractivity contribution is 5.97. The number of hydrogen-bond acceptors (Lipinski definition) is 3. The second kappa shape index (κ2) is 8.91. The standard InChI is InChI=1S/C26H24F2N2O2/c1-16-7-4-8-19(13-16)17(2)14-23(31)25-18(3)29-26-24(11-6-12-30(25)26)32-15-20-21(27)9-5-10-22(20)28/h4-13,17H,14-15H2,1-3H3/t17-/m1/s1. The van der Waals surface area contributed by atoms with Gasteiger partial charge in [-0.2, -0.15) is 0 Å². The second-order valence-corrected chi connectivity index (χ2v) is 8.04. The van der Waals surface area contributed by atoms with Crippen LogP contribution in [0, 0.1) is 25.5 Å². The Labute approximate surface area is 185 Å². The fourth-order valence-corrected chi connectivity index (χ4v) is 3.89. The maximum absolute atomic E-state index is 13.9. The van der Waals surface area contributed by atoms with Gasteiger partial charge < -0.3 is 4.74 Å². The van der Waals surface area contributed by atoms with Crippen LogP contribution in [0.5, 0.6) is 5.75 Å². The van der Waals surface area contributed by atoms with Crippen LogP contribution >= 0.6 is 0 Å². The van der Waals surface area contributed by atoms with Gasteiger partial charge in [0.2, 0.25) is 0 Å². The van der Waals surface area contributed by atoms with E-state index in [-0.39, 0.29) is 23.9 Å².